The van der Waals surface area contributed by atoms with E-state index >= 15 is 0 Å². The third-order valence-electron chi connectivity index (χ3n) is 5.55. The summed E-state index contributed by atoms with van der Waals surface area (Å²) in [6.45, 7) is 4.58. The Bertz CT molecular complexity index is 830. The normalized spacial score (nSPS) is 18.7. The van der Waals surface area contributed by atoms with Crippen LogP contribution in [0.1, 0.15) is 47.4 Å². The van der Waals surface area contributed by atoms with Crippen molar-refractivity contribution in [2.24, 2.45) is 0 Å². The van der Waals surface area contributed by atoms with Gasteiger partial charge in [-0.1, -0.05) is 12.1 Å². The van der Waals surface area contributed by atoms with Gasteiger partial charge in [0, 0.05) is 17.4 Å². The second-order valence-corrected chi connectivity index (χ2v) is 8.47. The van der Waals surface area contributed by atoms with Gasteiger partial charge in [-0.25, -0.2) is 4.39 Å². The SMILES string of the molecule is CC(=O)Nc1sc2c(c1[C@H](c1ccccc1F)[NH+]1CCOCC1)CCCC2. The van der Waals surface area contributed by atoms with E-state index in [1.54, 1.807) is 30.4 Å². The van der Waals surface area contributed by atoms with Crippen molar-refractivity contribution in [1.29, 1.82) is 0 Å². The molecule has 1 aromatic heterocycles. The van der Waals surface area contributed by atoms with Crippen LogP contribution in [0.5, 0.6) is 0 Å². The Balaban J connectivity index is 1.87. The molecular formula is C21H26FN2O2S+. The minimum atomic E-state index is -0.175. The van der Waals surface area contributed by atoms with Crippen LogP contribution in [0.3, 0.4) is 0 Å². The van der Waals surface area contributed by atoms with E-state index in [2.05, 4.69) is 5.32 Å². The minimum absolute atomic E-state index is 0.0703. The highest BCUT2D eigenvalue weighted by Crippen LogP contribution is 2.42. The largest absolute Gasteiger partial charge is 0.370 e. The summed E-state index contributed by atoms with van der Waals surface area (Å²) in [5.41, 5.74) is 3.18. The molecule has 2 aliphatic rings. The van der Waals surface area contributed by atoms with Crippen LogP contribution in [0, 0.1) is 5.82 Å². The molecule has 27 heavy (non-hydrogen) atoms. The van der Waals surface area contributed by atoms with Crippen LogP contribution in [0.4, 0.5) is 9.39 Å². The summed E-state index contributed by atoms with van der Waals surface area (Å²) < 4.78 is 20.4. The summed E-state index contributed by atoms with van der Waals surface area (Å²) in [4.78, 5) is 14.5. The highest BCUT2D eigenvalue weighted by atomic mass is 32.1. The van der Waals surface area contributed by atoms with E-state index in [0.29, 0.717) is 18.8 Å². The number of carbonyl (C=O) groups excluding carboxylic acids is 1. The molecule has 2 N–H and O–H groups in total. The Kier molecular flexibility index (Phi) is 5.57. The summed E-state index contributed by atoms with van der Waals surface area (Å²) in [6.07, 6.45) is 4.39. The number of thiophene rings is 1. The highest BCUT2D eigenvalue weighted by Gasteiger charge is 2.36. The number of quaternary nitrogens is 1. The number of morpholine rings is 1. The monoisotopic (exact) mass is 389 g/mol. The van der Waals surface area contributed by atoms with Crippen molar-refractivity contribution in [2.45, 2.75) is 38.6 Å². The van der Waals surface area contributed by atoms with E-state index in [1.165, 1.54) is 21.8 Å². The van der Waals surface area contributed by atoms with Gasteiger partial charge in [0.15, 0.2) is 0 Å². The smallest absolute Gasteiger partial charge is 0.221 e. The minimum Gasteiger partial charge on any atom is -0.370 e. The van der Waals surface area contributed by atoms with Gasteiger partial charge in [-0.15, -0.1) is 11.3 Å². The van der Waals surface area contributed by atoms with Crippen molar-refractivity contribution in [3.05, 3.63) is 51.7 Å². The van der Waals surface area contributed by atoms with E-state index in [1.807, 2.05) is 12.1 Å². The van der Waals surface area contributed by atoms with Crippen LogP contribution in [0.25, 0.3) is 0 Å². The standard InChI is InChI=1S/C21H25FN2O2S/c1-14(25)23-21-19(16-7-3-5-9-18(16)27-21)20(24-10-12-26-13-11-24)15-6-2-4-8-17(15)22/h2,4,6,8,20H,3,5,7,9-13H2,1H3,(H,23,25)/p+1/t20-/m0/s1. The molecule has 0 unspecified atom stereocenters. The van der Waals surface area contributed by atoms with Crippen LogP contribution in [-0.2, 0) is 22.4 Å². The molecular weight excluding hydrogens is 363 g/mol. The van der Waals surface area contributed by atoms with E-state index < -0.39 is 0 Å². The third kappa shape index (κ3) is 3.79. The molecule has 1 saturated heterocycles. The van der Waals surface area contributed by atoms with Crippen molar-refractivity contribution in [3.8, 4) is 0 Å². The fraction of sp³-hybridized carbons (Fsp3) is 0.476. The number of halogens is 1. The van der Waals surface area contributed by atoms with Gasteiger partial charge in [0.2, 0.25) is 5.91 Å². The fourth-order valence-corrected chi connectivity index (χ4v) is 5.73. The van der Waals surface area contributed by atoms with Crippen molar-refractivity contribution in [1.82, 2.24) is 0 Å². The zero-order valence-corrected chi connectivity index (χ0v) is 16.5. The van der Waals surface area contributed by atoms with Crippen molar-refractivity contribution >= 4 is 22.2 Å². The van der Waals surface area contributed by atoms with E-state index in [4.69, 9.17) is 4.74 Å². The molecule has 6 heteroatoms. The average molecular weight is 390 g/mol. The van der Waals surface area contributed by atoms with Crippen LogP contribution in [-0.4, -0.2) is 32.2 Å². The molecule has 1 atom stereocenters. The summed E-state index contributed by atoms with van der Waals surface area (Å²) in [7, 11) is 0. The number of amides is 1. The number of nitrogens with one attached hydrogen (secondary N) is 2. The fourth-order valence-electron chi connectivity index (χ4n) is 4.36. The first-order valence-electron chi connectivity index (χ1n) is 9.74. The van der Waals surface area contributed by atoms with Crippen LogP contribution in [0.2, 0.25) is 0 Å². The summed E-state index contributed by atoms with van der Waals surface area (Å²) in [5, 5.41) is 3.96. The molecule has 4 rings (SSSR count). The van der Waals surface area contributed by atoms with Crippen molar-refractivity contribution < 1.29 is 18.8 Å². The molecule has 0 bridgehead atoms. The van der Waals surface area contributed by atoms with Gasteiger partial charge in [0.25, 0.3) is 0 Å². The number of carbonyl (C=O) groups is 1. The maximum atomic E-state index is 14.9. The molecule has 2 heterocycles. The molecule has 1 fully saturated rings. The van der Waals surface area contributed by atoms with Crippen LogP contribution in [0.15, 0.2) is 24.3 Å². The number of anilines is 1. The molecule has 0 radical (unpaired) electrons. The van der Waals surface area contributed by atoms with E-state index in [-0.39, 0.29) is 17.8 Å². The molecule has 1 aliphatic carbocycles. The van der Waals surface area contributed by atoms with Gasteiger partial charge in [0.1, 0.15) is 29.9 Å². The summed E-state index contributed by atoms with van der Waals surface area (Å²) in [5.74, 6) is -0.245. The van der Waals surface area contributed by atoms with Gasteiger partial charge in [0.05, 0.1) is 18.8 Å². The molecule has 144 valence electrons. The quantitative estimate of drug-likeness (QED) is 0.844. The second-order valence-electron chi connectivity index (χ2n) is 7.36. The number of fused-ring (bicyclic) bond motifs is 1. The number of hydrogen-bond acceptors (Lipinski definition) is 3. The first kappa shape index (κ1) is 18.6. The molecule has 0 saturated carbocycles. The van der Waals surface area contributed by atoms with Gasteiger partial charge in [-0.2, -0.15) is 0 Å². The van der Waals surface area contributed by atoms with Gasteiger partial charge >= 0.3 is 0 Å². The Labute approximate surface area is 163 Å². The molecule has 1 amide bonds. The van der Waals surface area contributed by atoms with Crippen molar-refractivity contribution in [3.63, 3.8) is 0 Å². The zero-order chi connectivity index (χ0) is 18.8. The third-order valence-corrected chi connectivity index (χ3v) is 6.77. The lowest BCUT2D eigenvalue weighted by molar-refractivity contribution is -0.933. The predicted octanol–water partition coefficient (Wildman–Crippen LogP) is 2.73. The number of ether oxygens (including phenoxy) is 1. The Morgan fingerprint density at radius 3 is 2.70 bits per heavy atom. The summed E-state index contributed by atoms with van der Waals surface area (Å²) >= 11 is 1.68. The Hall–Kier alpha value is -1.76. The van der Waals surface area contributed by atoms with Crippen LogP contribution >= 0.6 is 11.3 Å². The lowest BCUT2D eigenvalue weighted by atomic mass is 9.88. The first-order chi connectivity index (χ1) is 13.1. The number of rotatable bonds is 4. The lowest BCUT2D eigenvalue weighted by Crippen LogP contribution is -3.14. The predicted molar refractivity (Wildman–Crippen MR) is 105 cm³/mol. The zero-order valence-electron chi connectivity index (χ0n) is 15.6. The Morgan fingerprint density at radius 2 is 1.96 bits per heavy atom. The summed E-state index contributed by atoms with van der Waals surface area (Å²) in [6, 6.07) is 6.96. The van der Waals surface area contributed by atoms with Gasteiger partial charge in [-0.05, 0) is 43.4 Å². The molecule has 4 nitrogen and oxygen atoms in total. The number of benzene rings is 1. The van der Waals surface area contributed by atoms with Gasteiger partial charge < -0.3 is 15.0 Å². The molecule has 1 aliphatic heterocycles. The molecule has 1 aromatic carbocycles. The average Bonchev–Trinajstić information content (AvgIpc) is 3.02. The van der Waals surface area contributed by atoms with Crippen LogP contribution < -0.4 is 10.2 Å². The highest BCUT2D eigenvalue weighted by molar-refractivity contribution is 7.16. The lowest BCUT2D eigenvalue weighted by Gasteiger charge is -2.33. The Morgan fingerprint density at radius 1 is 1.22 bits per heavy atom. The van der Waals surface area contributed by atoms with E-state index in [0.717, 1.165) is 42.9 Å². The first-order valence-corrected chi connectivity index (χ1v) is 10.6. The van der Waals surface area contributed by atoms with E-state index in [9.17, 15) is 9.18 Å². The number of aryl methyl sites for hydroxylation is 1. The topological polar surface area (TPSA) is 42.8 Å². The maximum absolute atomic E-state index is 14.9. The van der Waals surface area contributed by atoms with Gasteiger partial charge in [-0.3, -0.25) is 4.79 Å². The maximum Gasteiger partial charge on any atom is 0.221 e. The molecule has 2 aromatic rings. The molecule has 0 spiro atoms. The second kappa shape index (κ2) is 8.09. The number of hydrogen-bond donors (Lipinski definition) is 2. The van der Waals surface area contributed by atoms with Crippen molar-refractivity contribution in [2.75, 3.05) is 31.6 Å².